The molecule has 1 aromatic heterocycles. The highest BCUT2D eigenvalue weighted by Gasteiger charge is 2.07. The molecule has 2 rings (SSSR count). The number of halogens is 1. The summed E-state index contributed by atoms with van der Waals surface area (Å²) in [6, 6.07) is 4.36. The minimum absolute atomic E-state index is 0.0664. The Balaban J connectivity index is 2.42. The number of nitrogens with one attached hydrogen (secondary N) is 1. The van der Waals surface area contributed by atoms with Crippen molar-refractivity contribution in [2.45, 2.75) is 0 Å². The summed E-state index contributed by atoms with van der Waals surface area (Å²) < 4.78 is 18.0. The van der Waals surface area contributed by atoms with Gasteiger partial charge in [0.2, 0.25) is 5.91 Å². The maximum atomic E-state index is 13.3. The van der Waals surface area contributed by atoms with Crippen LogP contribution in [0.1, 0.15) is 0 Å². The van der Waals surface area contributed by atoms with Crippen LogP contribution in [0.4, 0.5) is 10.1 Å². The summed E-state index contributed by atoms with van der Waals surface area (Å²) in [5.74, 6) is -0.741. The van der Waals surface area contributed by atoms with Crippen molar-refractivity contribution in [3.05, 3.63) is 36.4 Å². The fraction of sp³-hybridized carbons (Fsp3) is 0.167. The minimum atomic E-state index is -0.418. The first kappa shape index (κ1) is 11.5. The molecular weight excluding hydrogens is 223 g/mol. The number of pyridine rings is 1. The summed E-state index contributed by atoms with van der Waals surface area (Å²) in [5.41, 5.74) is 0.421. The van der Waals surface area contributed by atoms with Crippen molar-refractivity contribution in [3.63, 3.8) is 0 Å². The highest BCUT2D eigenvalue weighted by Crippen LogP contribution is 2.24. The highest BCUT2D eigenvalue weighted by molar-refractivity contribution is 6.02. The van der Waals surface area contributed by atoms with E-state index in [1.807, 2.05) is 0 Å². The summed E-state index contributed by atoms with van der Waals surface area (Å²) in [6.45, 7) is -0.0664. The van der Waals surface area contributed by atoms with Gasteiger partial charge in [-0.15, -0.1) is 0 Å². The van der Waals surface area contributed by atoms with E-state index >= 15 is 0 Å². The van der Waals surface area contributed by atoms with Gasteiger partial charge in [0, 0.05) is 30.3 Å². The number of benzene rings is 1. The van der Waals surface area contributed by atoms with E-state index in [-0.39, 0.29) is 12.5 Å². The highest BCUT2D eigenvalue weighted by atomic mass is 19.1. The molecule has 0 spiro atoms. The molecule has 0 fully saturated rings. The molecule has 0 aliphatic carbocycles. The average molecular weight is 234 g/mol. The van der Waals surface area contributed by atoms with Crippen LogP contribution in [0, 0.1) is 5.82 Å². The van der Waals surface area contributed by atoms with Crippen molar-refractivity contribution in [3.8, 4) is 0 Å². The van der Waals surface area contributed by atoms with Gasteiger partial charge >= 0.3 is 0 Å². The van der Waals surface area contributed by atoms with E-state index in [0.717, 1.165) is 5.39 Å². The number of rotatable bonds is 3. The second-order valence-corrected chi connectivity index (χ2v) is 3.53. The molecule has 0 atom stereocenters. The lowest BCUT2D eigenvalue weighted by Crippen LogP contribution is -2.17. The fourth-order valence-electron chi connectivity index (χ4n) is 1.59. The number of carbonyl (C=O) groups excluding carboxylic acids is 1. The molecule has 0 aliphatic heterocycles. The Morgan fingerprint density at radius 3 is 3.12 bits per heavy atom. The minimum Gasteiger partial charge on any atom is -0.375 e. The lowest BCUT2D eigenvalue weighted by molar-refractivity contribution is -0.119. The van der Waals surface area contributed by atoms with Crippen LogP contribution in [0.3, 0.4) is 0 Å². The number of ether oxygens (including phenoxy) is 1. The van der Waals surface area contributed by atoms with Gasteiger partial charge in [-0.2, -0.15) is 0 Å². The SMILES string of the molecule is COCC(=O)Nc1cc(F)cc2cnccc12. The van der Waals surface area contributed by atoms with Gasteiger partial charge in [-0.05, 0) is 18.2 Å². The molecule has 4 nitrogen and oxygen atoms in total. The molecular formula is C12H11FN2O2. The zero-order valence-electron chi connectivity index (χ0n) is 9.24. The number of fused-ring (bicyclic) bond motifs is 1. The lowest BCUT2D eigenvalue weighted by Gasteiger charge is -2.08. The summed E-state index contributed by atoms with van der Waals surface area (Å²) >= 11 is 0. The average Bonchev–Trinajstić information content (AvgIpc) is 2.29. The molecule has 1 amide bonds. The maximum Gasteiger partial charge on any atom is 0.250 e. The van der Waals surface area contributed by atoms with Gasteiger partial charge in [-0.25, -0.2) is 4.39 Å². The van der Waals surface area contributed by atoms with E-state index in [1.54, 1.807) is 18.5 Å². The topological polar surface area (TPSA) is 51.2 Å². The molecule has 0 unspecified atom stereocenters. The second kappa shape index (κ2) is 4.88. The van der Waals surface area contributed by atoms with E-state index in [1.165, 1.54) is 19.2 Å². The Labute approximate surface area is 97.4 Å². The maximum absolute atomic E-state index is 13.3. The van der Waals surface area contributed by atoms with Crippen molar-refractivity contribution in [2.24, 2.45) is 0 Å². The van der Waals surface area contributed by atoms with Crippen LogP contribution in [-0.2, 0) is 9.53 Å². The van der Waals surface area contributed by atoms with Crippen LogP contribution in [0.5, 0.6) is 0 Å². The molecule has 88 valence electrons. The van der Waals surface area contributed by atoms with Crippen molar-refractivity contribution >= 4 is 22.4 Å². The standard InChI is InChI=1S/C12H11FN2O2/c1-17-7-12(16)15-11-5-9(13)4-8-6-14-3-2-10(8)11/h2-6H,7H2,1H3,(H,15,16). The third-order valence-electron chi connectivity index (χ3n) is 2.27. The monoisotopic (exact) mass is 234 g/mol. The molecule has 1 aromatic carbocycles. The quantitative estimate of drug-likeness (QED) is 0.883. The summed E-state index contributed by atoms with van der Waals surface area (Å²) in [5, 5.41) is 3.98. The number of methoxy groups -OCH3 is 1. The van der Waals surface area contributed by atoms with Crippen LogP contribution in [0.25, 0.3) is 10.8 Å². The van der Waals surface area contributed by atoms with E-state index in [9.17, 15) is 9.18 Å². The summed E-state index contributed by atoms with van der Waals surface area (Å²) in [4.78, 5) is 15.3. The number of carbonyl (C=O) groups is 1. The third kappa shape index (κ3) is 2.57. The number of aromatic nitrogens is 1. The molecule has 0 aliphatic rings. The first-order valence-corrected chi connectivity index (χ1v) is 5.03. The van der Waals surface area contributed by atoms with Gasteiger partial charge in [0.25, 0.3) is 0 Å². The smallest absolute Gasteiger partial charge is 0.250 e. The molecule has 0 radical (unpaired) electrons. The van der Waals surface area contributed by atoms with Gasteiger partial charge in [0.15, 0.2) is 0 Å². The predicted molar refractivity (Wildman–Crippen MR) is 62.2 cm³/mol. The van der Waals surface area contributed by atoms with E-state index in [4.69, 9.17) is 4.74 Å². The van der Waals surface area contributed by atoms with E-state index in [2.05, 4.69) is 10.3 Å². The van der Waals surface area contributed by atoms with Gasteiger partial charge in [0.1, 0.15) is 12.4 Å². The zero-order chi connectivity index (χ0) is 12.3. The molecule has 0 bridgehead atoms. The Hall–Kier alpha value is -2.01. The normalized spacial score (nSPS) is 10.5. The Morgan fingerprint density at radius 2 is 2.35 bits per heavy atom. The summed E-state index contributed by atoms with van der Waals surface area (Å²) in [6.07, 6.45) is 3.14. The number of hydrogen-bond donors (Lipinski definition) is 1. The van der Waals surface area contributed by atoms with Gasteiger partial charge in [-0.3, -0.25) is 9.78 Å². The zero-order valence-corrected chi connectivity index (χ0v) is 9.24. The van der Waals surface area contributed by atoms with Crippen LogP contribution in [-0.4, -0.2) is 24.6 Å². The summed E-state index contributed by atoms with van der Waals surface area (Å²) in [7, 11) is 1.42. The van der Waals surface area contributed by atoms with Crippen molar-refractivity contribution in [1.82, 2.24) is 4.98 Å². The largest absolute Gasteiger partial charge is 0.375 e. The van der Waals surface area contributed by atoms with Crippen LogP contribution in [0.2, 0.25) is 0 Å². The number of anilines is 1. The number of nitrogens with zero attached hydrogens (tertiary/aromatic N) is 1. The van der Waals surface area contributed by atoms with Crippen LogP contribution in [0.15, 0.2) is 30.6 Å². The number of amides is 1. The Kier molecular flexibility index (Phi) is 3.30. The van der Waals surface area contributed by atoms with E-state index in [0.29, 0.717) is 11.1 Å². The van der Waals surface area contributed by atoms with Crippen molar-refractivity contribution in [1.29, 1.82) is 0 Å². The van der Waals surface area contributed by atoms with Crippen molar-refractivity contribution in [2.75, 3.05) is 19.0 Å². The van der Waals surface area contributed by atoms with E-state index < -0.39 is 5.82 Å². The Morgan fingerprint density at radius 1 is 1.53 bits per heavy atom. The molecule has 5 heteroatoms. The molecule has 2 aromatic rings. The predicted octanol–water partition coefficient (Wildman–Crippen LogP) is 1.96. The molecule has 1 N–H and O–H groups in total. The van der Waals surface area contributed by atoms with Gasteiger partial charge in [-0.1, -0.05) is 0 Å². The lowest BCUT2D eigenvalue weighted by atomic mass is 10.1. The van der Waals surface area contributed by atoms with Crippen LogP contribution >= 0.6 is 0 Å². The third-order valence-corrected chi connectivity index (χ3v) is 2.27. The first-order valence-electron chi connectivity index (χ1n) is 5.03. The van der Waals surface area contributed by atoms with Crippen molar-refractivity contribution < 1.29 is 13.9 Å². The first-order chi connectivity index (χ1) is 8.20. The Bertz CT molecular complexity index is 557. The van der Waals surface area contributed by atoms with Gasteiger partial charge in [0.05, 0.1) is 5.69 Å². The van der Waals surface area contributed by atoms with Crippen LogP contribution < -0.4 is 5.32 Å². The molecule has 0 saturated heterocycles. The molecule has 1 heterocycles. The molecule has 17 heavy (non-hydrogen) atoms. The second-order valence-electron chi connectivity index (χ2n) is 3.53. The molecule has 0 saturated carbocycles. The fourth-order valence-corrected chi connectivity index (χ4v) is 1.59. The number of hydrogen-bond acceptors (Lipinski definition) is 3. The van der Waals surface area contributed by atoms with Gasteiger partial charge < -0.3 is 10.1 Å².